The van der Waals surface area contributed by atoms with Gasteiger partial charge < -0.3 is 15.7 Å². The molecule has 1 rings (SSSR count). The Hall–Kier alpha value is -1.63. The molecule has 3 N–H and O–H groups in total. The molecule has 0 spiro atoms. The van der Waals surface area contributed by atoms with Crippen molar-refractivity contribution in [1.29, 1.82) is 0 Å². The summed E-state index contributed by atoms with van der Waals surface area (Å²) >= 11 is 3.02. The van der Waals surface area contributed by atoms with Crippen molar-refractivity contribution < 1.29 is 19.1 Å². The average Bonchev–Trinajstić information content (AvgIpc) is 2.33. The molecule has 5 nitrogen and oxygen atoms in total. The number of carboxylic acids is 1. The molecule has 104 valence electrons. The van der Waals surface area contributed by atoms with Gasteiger partial charge in [0.15, 0.2) is 0 Å². The molecule has 0 fully saturated rings. The molecular formula is C12H14BrFN2O3. The van der Waals surface area contributed by atoms with Crippen LogP contribution < -0.4 is 10.6 Å². The zero-order valence-corrected chi connectivity index (χ0v) is 11.7. The first kappa shape index (κ1) is 15.4. The maximum atomic E-state index is 13.0. The fourth-order valence-electron chi connectivity index (χ4n) is 1.35. The molecule has 0 radical (unpaired) electrons. The zero-order chi connectivity index (χ0) is 14.3. The molecule has 0 unspecified atom stereocenters. The lowest BCUT2D eigenvalue weighted by Gasteiger charge is -2.07. The Kier molecular flexibility index (Phi) is 6.27. The van der Waals surface area contributed by atoms with E-state index in [2.05, 4.69) is 26.6 Å². The molecule has 0 saturated heterocycles. The number of benzene rings is 1. The Morgan fingerprint density at radius 3 is 2.68 bits per heavy atom. The van der Waals surface area contributed by atoms with Gasteiger partial charge in [0.2, 0.25) is 0 Å². The third kappa shape index (κ3) is 6.19. The second-order valence-corrected chi connectivity index (χ2v) is 4.71. The number of rotatable bonds is 6. The van der Waals surface area contributed by atoms with Gasteiger partial charge in [-0.05, 0) is 47.0 Å². The zero-order valence-electron chi connectivity index (χ0n) is 10.1. The second kappa shape index (κ2) is 7.73. The van der Waals surface area contributed by atoms with Crippen LogP contribution in [-0.4, -0.2) is 23.7 Å². The van der Waals surface area contributed by atoms with Gasteiger partial charge in [0, 0.05) is 18.7 Å². The number of hydrogen-bond donors (Lipinski definition) is 3. The van der Waals surface area contributed by atoms with Gasteiger partial charge in [0.25, 0.3) is 0 Å². The SMILES string of the molecule is O=C(O)CCCCNC(=O)Nc1ccc(F)c(Br)c1. The third-order valence-corrected chi connectivity index (χ3v) is 2.89. The van der Waals surface area contributed by atoms with Crippen LogP contribution >= 0.6 is 15.9 Å². The number of aliphatic carboxylic acids is 1. The molecule has 7 heteroatoms. The third-order valence-electron chi connectivity index (χ3n) is 2.28. The number of unbranched alkanes of at least 4 members (excludes halogenated alkanes) is 1. The van der Waals surface area contributed by atoms with Crippen LogP contribution in [-0.2, 0) is 4.79 Å². The van der Waals surface area contributed by atoms with Crippen molar-refractivity contribution in [1.82, 2.24) is 5.32 Å². The van der Waals surface area contributed by atoms with Gasteiger partial charge in [0.1, 0.15) is 5.82 Å². The molecule has 0 bridgehead atoms. The smallest absolute Gasteiger partial charge is 0.319 e. The van der Waals surface area contributed by atoms with Gasteiger partial charge in [-0.15, -0.1) is 0 Å². The number of urea groups is 1. The Morgan fingerprint density at radius 2 is 2.05 bits per heavy atom. The molecule has 1 aromatic carbocycles. The predicted molar refractivity (Wildman–Crippen MR) is 72.6 cm³/mol. The van der Waals surface area contributed by atoms with Crippen molar-refractivity contribution in [2.75, 3.05) is 11.9 Å². The van der Waals surface area contributed by atoms with Crippen LogP contribution in [0.25, 0.3) is 0 Å². The molecule has 1 aromatic rings. The molecule has 0 saturated carbocycles. The van der Waals surface area contributed by atoms with E-state index in [9.17, 15) is 14.0 Å². The predicted octanol–water partition coefficient (Wildman–Crippen LogP) is 2.96. The van der Waals surface area contributed by atoms with E-state index in [-0.39, 0.29) is 10.9 Å². The lowest BCUT2D eigenvalue weighted by molar-refractivity contribution is -0.137. The summed E-state index contributed by atoms with van der Waals surface area (Å²) in [5, 5.41) is 13.6. The minimum absolute atomic E-state index is 0.0915. The normalized spacial score (nSPS) is 10.0. The Morgan fingerprint density at radius 1 is 1.32 bits per heavy atom. The van der Waals surface area contributed by atoms with Crippen molar-refractivity contribution in [2.24, 2.45) is 0 Å². The first-order chi connectivity index (χ1) is 8.99. The van der Waals surface area contributed by atoms with Gasteiger partial charge in [-0.3, -0.25) is 4.79 Å². The number of amides is 2. The number of carboxylic acid groups (broad SMARTS) is 1. The number of carbonyl (C=O) groups is 2. The van der Waals surface area contributed by atoms with Crippen LogP contribution in [0.5, 0.6) is 0 Å². The summed E-state index contributed by atoms with van der Waals surface area (Å²) in [4.78, 5) is 21.7. The topological polar surface area (TPSA) is 78.4 Å². The van der Waals surface area contributed by atoms with Crippen molar-refractivity contribution >= 4 is 33.6 Å². The van der Waals surface area contributed by atoms with Gasteiger partial charge >= 0.3 is 12.0 Å². The highest BCUT2D eigenvalue weighted by Gasteiger charge is 2.04. The van der Waals surface area contributed by atoms with Gasteiger partial charge in [-0.2, -0.15) is 0 Å². The van der Waals surface area contributed by atoms with Crippen molar-refractivity contribution in [3.63, 3.8) is 0 Å². The van der Waals surface area contributed by atoms with Crippen LogP contribution in [0.15, 0.2) is 22.7 Å². The van der Waals surface area contributed by atoms with Crippen molar-refractivity contribution in [2.45, 2.75) is 19.3 Å². The molecule has 0 aliphatic carbocycles. The van der Waals surface area contributed by atoms with Crippen molar-refractivity contribution in [3.8, 4) is 0 Å². The monoisotopic (exact) mass is 332 g/mol. The summed E-state index contributed by atoms with van der Waals surface area (Å²) < 4.78 is 13.2. The Bertz CT molecular complexity index is 468. The van der Waals surface area contributed by atoms with E-state index in [1.54, 1.807) is 0 Å². The van der Waals surface area contributed by atoms with Crippen molar-refractivity contribution in [3.05, 3.63) is 28.5 Å². The number of halogens is 2. The molecular weight excluding hydrogens is 319 g/mol. The lowest BCUT2D eigenvalue weighted by Crippen LogP contribution is -2.29. The fraction of sp³-hybridized carbons (Fsp3) is 0.333. The lowest BCUT2D eigenvalue weighted by atomic mass is 10.2. The van der Waals surface area contributed by atoms with Crippen LogP contribution in [0.1, 0.15) is 19.3 Å². The van der Waals surface area contributed by atoms with E-state index in [1.165, 1.54) is 18.2 Å². The summed E-state index contributed by atoms with van der Waals surface area (Å²) in [7, 11) is 0. The molecule has 0 aromatic heterocycles. The van der Waals surface area contributed by atoms with Crippen LogP contribution in [0.4, 0.5) is 14.9 Å². The van der Waals surface area contributed by atoms with Crippen LogP contribution in [0, 0.1) is 5.82 Å². The van der Waals surface area contributed by atoms with Gasteiger partial charge in [-0.1, -0.05) is 0 Å². The largest absolute Gasteiger partial charge is 0.481 e. The standard InChI is InChI=1S/C12H14BrFN2O3/c13-9-7-8(4-5-10(9)14)16-12(19)15-6-2-1-3-11(17)18/h4-5,7H,1-3,6H2,(H,17,18)(H2,15,16,19). The molecule has 0 aliphatic heterocycles. The summed E-state index contributed by atoms with van der Waals surface area (Å²) in [6.45, 7) is 0.390. The number of anilines is 1. The Labute approximate surface area is 118 Å². The number of hydrogen-bond acceptors (Lipinski definition) is 2. The van der Waals surface area contributed by atoms with E-state index in [1.807, 2.05) is 0 Å². The van der Waals surface area contributed by atoms with E-state index < -0.39 is 17.8 Å². The first-order valence-electron chi connectivity index (χ1n) is 5.70. The fourth-order valence-corrected chi connectivity index (χ4v) is 1.73. The highest BCUT2D eigenvalue weighted by molar-refractivity contribution is 9.10. The van der Waals surface area contributed by atoms with Gasteiger partial charge in [-0.25, -0.2) is 9.18 Å². The molecule has 2 amide bonds. The highest BCUT2D eigenvalue weighted by atomic mass is 79.9. The molecule has 0 atom stereocenters. The van der Waals surface area contributed by atoms with Gasteiger partial charge in [0.05, 0.1) is 4.47 Å². The maximum absolute atomic E-state index is 13.0. The quantitative estimate of drug-likeness (QED) is 0.701. The highest BCUT2D eigenvalue weighted by Crippen LogP contribution is 2.19. The van der Waals surface area contributed by atoms with E-state index in [0.29, 0.717) is 25.1 Å². The average molecular weight is 333 g/mol. The summed E-state index contributed by atoms with van der Waals surface area (Å²) in [6.07, 6.45) is 1.19. The summed E-state index contributed by atoms with van der Waals surface area (Å²) in [5.74, 6) is -1.25. The minimum Gasteiger partial charge on any atom is -0.481 e. The first-order valence-corrected chi connectivity index (χ1v) is 6.50. The van der Waals surface area contributed by atoms with E-state index in [4.69, 9.17) is 5.11 Å². The van der Waals surface area contributed by atoms with Crippen LogP contribution in [0.2, 0.25) is 0 Å². The molecule has 0 heterocycles. The molecule has 0 aliphatic rings. The maximum Gasteiger partial charge on any atom is 0.319 e. The molecule has 19 heavy (non-hydrogen) atoms. The second-order valence-electron chi connectivity index (χ2n) is 3.86. The minimum atomic E-state index is -0.847. The number of carbonyl (C=O) groups excluding carboxylic acids is 1. The summed E-state index contributed by atoms with van der Waals surface area (Å²) in [6, 6.07) is 3.74. The van der Waals surface area contributed by atoms with Crippen LogP contribution in [0.3, 0.4) is 0 Å². The van der Waals surface area contributed by atoms with E-state index >= 15 is 0 Å². The number of nitrogens with one attached hydrogen (secondary N) is 2. The van der Waals surface area contributed by atoms with E-state index in [0.717, 1.165) is 0 Å². The summed E-state index contributed by atoms with van der Waals surface area (Å²) in [5.41, 5.74) is 0.469. The Balaban J connectivity index is 2.27.